The molecule has 1 fully saturated rings. The van der Waals surface area contributed by atoms with E-state index < -0.39 is 20.5 Å². The molecule has 21 heavy (non-hydrogen) atoms. The second-order valence-corrected chi connectivity index (χ2v) is 7.90. The highest BCUT2D eigenvalue weighted by Crippen LogP contribution is 2.38. The third kappa shape index (κ3) is 3.18. The zero-order valence-corrected chi connectivity index (χ0v) is 13.3. The van der Waals surface area contributed by atoms with Gasteiger partial charge in [0.2, 0.25) is 10.0 Å². The van der Waals surface area contributed by atoms with Crippen LogP contribution in [0.4, 0.5) is 10.7 Å². The van der Waals surface area contributed by atoms with Gasteiger partial charge in [-0.05, 0) is 19.3 Å². The van der Waals surface area contributed by atoms with Gasteiger partial charge in [0.15, 0.2) is 5.00 Å². The summed E-state index contributed by atoms with van der Waals surface area (Å²) in [7, 11) is -0.712. The Balaban J connectivity index is 2.18. The molecule has 1 aromatic rings. The highest BCUT2D eigenvalue weighted by atomic mass is 32.2. The monoisotopic (exact) mass is 335 g/mol. The van der Waals surface area contributed by atoms with E-state index in [0.29, 0.717) is 0 Å². The molecule has 0 atom stereocenters. The van der Waals surface area contributed by atoms with E-state index in [1.807, 2.05) is 0 Å². The number of ether oxygens (including phenoxy) is 1. The fraction of sp³-hybridized carbons (Fsp3) is 0.636. The van der Waals surface area contributed by atoms with Crippen LogP contribution in [0.3, 0.4) is 0 Å². The lowest BCUT2D eigenvalue weighted by molar-refractivity contribution is -0.383. The third-order valence-electron chi connectivity index (χ3n) is 3.66. The van der Waals surface area contributed by atoms with Crippen molar-refractivity contribution in [3.63, 3.8) is 0 Å². The van der Waals surface area contributed by atoms with E-state index in [4.69, 9.17) is 4.74 Å². The smallest absolute Gasteiger partial charge is 0.304 e. The molecule has 2 rings (SSSR count). The Bertz CT molecular complexity index is 631. The molecule has 0 radical (unpaired) electrons. The van der Waals surface area contributed by atoms with Crippen LogP contribution in [0, 0.1) is 10.1 Å². The Morgan fingerprint density at radius 3 is 2.57 bits per heavy atom. The number of thiophene rings is 1. The molecule has 0 aliphatic heterocycles. The minimum absolute atomic E-state index is 0.0795. The summed E-state index contributed by atoms with van der Waals surface area (Å²) < 4.78 is 32.2. The summed E-state index contributed by atoms with van der Waals surface area (Å²) in [6, 6.07) is 1.07. The molecule has 0 amide bonds. The van der Waals surface area contributed by atoms with E-state index in [9.17, 15) is 18.5 Å². The largest absolute Gasteiger partial charge is 0.377 e. The molecule has 1 saturated carbocycles. The minimum atomic E-state index is -3.78. The number of methoxy groups -OCH3 is 1. The normalized spacial score (nSPS) is 17.2. The van der Waals surface area contributed by atoms with Gasteiger partial charge in [0.25, 0.3) is 0 Å². The molecule has 0 unspecified atom stereocenters. The van der Waals surface area contributed by atoms with Gasteiger partial charge in [-0.25, -0.2) is 13.1 Å². The fourth-order valence-electron chi connectivity index (χ4n) is 2.13. The average Bonchev–Trinajstić information content (AvgIpc) is 2.83. The number of sulfonamides is 1. The minimum Gasteiger partial charge on any atom is -0.377 e. The Morgan fingerprint density at radius 2 is 2.19 bits per heavy atom. The number of anilines is 1. The van der Waals surface area contributed by atoms with Crippen LogP contribution in [0.1, 0.15) is 19.3 Å². The number of nitro groups is 1. The van der Waals surface area contributed by atoms with E-state index in [-0.39, 0.29) is 21.4 Å². The standard InChI is InChI=1S/C11H17N3O5S2/c1-12-10-8(14(15)16)6-9(20-10)21(17,18)13-7-11(19-2)4-3-5-11/h6,12-13H,3-5,7H2,1-2H3. The zero-order chi connectivity index (χ0) is 15.7. The Hall–Kier alpha value is -1.23. The van der Waals surface area contributed by atoms with Crippen molar-refractivity contribution in [1.82, 2.24) is 4.72 Å². The van der Waals surface area contributed by atoms with Crippen LogP contribution in [0.2, 0.25) is 0 Å². The van der Waals surface area contributed by atoms with E-state index >= 15 is 0 Å². The van der Waals surface area contributed by atoms with Gasteiger partial charge in [-0.15, -0.1) is 0 Å². The molecular weight excluding hydrogens is 318 g/mol. The quantitative estimate of drug-likeness (QED) is 0.578. The number of hydrogen-bond acceptors (Lipinski definition) is 7. The van der Waals surface area contributed by atoms with Gasteiger partial charge in [0, 0.05) is 26.8 Å². The average molecular weight is 335 g/mol. The van der Waals surface area contributed by atoms with Crippen LogP contribution in [0.5, 0.6) is 0 Å². The maximum Gasteiger partial charge on any atom is 0.304 e. The van der Waals surface area contributed by atoms with E-state index in [0.717, 1.165) is 36.7 Å². The molecular formula is C11H17N3O5S2. The fourth-order valence-corrected chi connectivity index (χ4v) is 4.57. The number of rotatable bonds is 7. The van der Waals surface area contributed by atoms with Crippen LogP contribution in [0.25, 0.3) is 0 Å². The molecule has 0 aromatic carbocycles. The predicted molar refractivity (Wildman–Crippen MR) is 79.3 cm³/mol. The molecule has 8 nitrogen and oxygen atoms in total. The summed E-state index contributed by atoms with van der Waals surface area (Å²) in [5, 5.41) is 13.7. The Morgan fingerprint density at radius 1 is 1.52 bits per heavy atom. The number of nitrogens with one attached hydrogen (secondary N) is 2. The molecule has 1 aromatic heterocycles. The zero-order valence-electron chi connectivity index (χ0n) is 11.7. The summed E-state index contributed by atoms with van der Waals surface area (Å²) in [6.45, 7) is 0.173. The maximum absolute atomic E-state index is 12.2. The molecule has 1 aliphatic rings. The van der Waals surface area contributed by atoms with E-state index in [2.05, 4.69) is 10.0 Å². The second kappa shape index (κ2) is 5.87. The SMILES string of the molecule is CNc1sc(S(=O)(=O)NCC2(OC)CCC2)cc1[N+](=O)[O-]. The van der Waals surface area contributed by atoms with Crippen molar-refractivity contribution >= 4 is 32.0 Å². The van der Waals surface area contributed by atoms with Crippen LogP contribution in [0.15, 0.2) is 10.3 Å². The lowest BCUT2D eigenvalue weighted by atomic mass is 9.80. The van der Waals surface area contributed by atoms with Crippen LogP contribution in [-0.4, -0.2) is 39.6 Å². The lowest BCUT2D eigenvalue weighted by Gasteiger charge is -2.40. The summed E-state index contributed by atoms with van der Waals surface area (Å²) in [6.07, 6.45) is 2.61. The van der Waals surface area contributed by atoms with Gasteiger partial charge in [-0.3, -0.25) is 10.1 Å². The number of nitrogens with zero attached hydrogens (tertiary/aromatic N) is 1. The highest BCUT2D eigenvalue weighted by molar-refractivity contribution is 7.91. The molecule has 0 bridgehead atoms. The van der Waals surface area contributed by atoms with Crippen molar-refractivity contribution in [2.75, 3.05) is 26.0 Å². The van der Waals surface area contributed by atoms with Crippen LogP contribution >= 0.6 is 11.3 Å². The van der Waals surface area contributed by atoms with Gasteiger partial charge < -0.3 is 10.1 Å². The summed E-state index contributed by atoms with van der Waals surface area (Å²) in [5.74, 6) is 0. The van der Waals surface area contributed by atoms with E-state index in [1.54, 1.807) is 7.11 Å². The lowest BCUT2D eigenvalue weighted by Crippen LogP contribution is -2.49. The van der Waals surface area contributed by atoms with Crippen LogP contribution in [-0.2, 0) is 14.8 Å². The van der Waals surface area contributed by atoms with Crippen molar-refractivity contribution in [1.29, 1.82) is 0 Å². The molecule has 2 N–H and O–H groups in total. The molecule has 1 aliphatic carbocycles. The van der Waals surface area contributed by atoms with Crippen molar-refractivity contribution in [2.24, 2.45) is 0 Å². The first-order chi connectivity index (χ1) is 9.83. The van der Waals surface area contributed by atoms with Crippen molar-refractivity contribution in [3.05, 3.63) is 16.2 Å². The summed E-state index contributed by atoms with van der Waals surface area (Å²) >= 11 is 0.835. The predicted octanol–water partition coefficient (Wildman–Crippen LogP) is 1.55. The molecule has 10 heteroatoms. The van der Waals surface area contributed by atoms with Gasteiger partial charge >= 0.3 is 5.69 Å². The first-order valence-corrected chi connectivity index (χ1v) is 8.64. The van der Waals surface area contributed by atoms with Crippen molar-refractivity contribution in [2.45, 2.75) is 29.1 Å². The van der Waals surface area contributed by atoms with Gasteiger partial charge in [-0.1, -0.05) is 11.3 Å². The summed E-state index contributed by atoms with van der Waals surface area (Å²) in [5.41, 5.74) is -0.685. The summed E-state index contributed by atoms with van der Waals surface area (Å²) in [4.78, 5) is 10.3. The topological polar surface area (TPSA) is 111 Å². The Kier molecular flexibility index (Phi) is 4.51. The maximum atomic E-state index is 12.2. The molecule has 1 heterocycles. The first kappa shape index (κ1) is 16.1. The van der Waals surface area contributed by atoms with E-state index in [1.165, 1.54) is 7.05 Å². The number of hydrogen-bond donors (Lipinski definition) is 2. The third-order valence-corrected chi connectivity index (χ3v) is 6.68. The molecule has 118 valence electrons. The van der Waals surface area contributed by atoms with Gasteiger partial charge in [0.05, 0.1) is 10.5 Å². The van der Waals surface area contributed by atoms with Gasteiger partial charge in [-0.2, -0.15) is 0 Å². The first-order valence-electron chi connectivity index (χ1n) is 6.34. The van der Waals surface area contributed by atoms with Crippen molar-refractivity contribution in [3.8, 4) is 0 Å². The second-order valence-electron chi connectivity index (χ2n) is 4.85. The molecule has 0 saturated heterocycles. The van der Waals surface area contributed by atoms with Crippen LogP contribution < -0.4 is 10.0 Å². The highest BCUT2D eigenvalue weighted by Gasteiger charge is 2.38. The molecule has 0 spiro atoms. The van der Waals surface area contributed by atoms with Crippen molar-refractivity contribution < 1.29 is 18.1 Å². The Labute approximate surface area is 126 Å². The van der Waals surface area contributed by atoms with Gasteiger partial charge in [0.1, 0.15) is 4.21 Å².